The largest absolute Gasteiger partial charge is 0.261 e. The van der Waals surface area contributed by atoms with Gasteiger partial charge in [0, 0.05) is 34.1 Å². The quantitative estimate of drug-likeness (QED) is 0.165. The molecule has 8 aromatic carbocycles. The van der Waals surface area contributed by atoms with Gasteiger partial charge in [-0.3, -0.25) is 4.98 Å². The van der Waals surface area contributed by atoms with E-state index in [2.05, 4.69) is 114 Å². The highest BCUT2D eigenvalue weighted by molar-refractivity contribution is 6.26. The Hall–Kier alpha value is -7.04. The van der Waals surface area contributed by atoms with E-state index in [4.69, 9.17) is 15.0 Å². The molecule has 0 atom stereocenters. The molecule has 4 nitrogen and oxygen atoms in total. The van der Waals surface area contributed by atoms with Crippen LogP contribution in [0.15, 0.2) is 176 Å². The summed E-state index contributed by atoms with van der Waals surface area (Å²) in [6.45, 7) is 2.01. The van der Waals surface area contributed by atoms with Crippen LogP contribution in [-0.2, 0) is 0 Å². The molecule has 0 fully saturated rings. The first-order valence-corrected chi connectivity index (χ1v) is 17.9. The molecule has 10 aromatic rings. The van der Waals surface area contributed by atoms with Crippen LogP contribution in [0.25, 0.3) is 99.9 Å². The second-order valence-corrected chi connectivity index (χ2v) is 13.6. The summed E-state index contributed by atoms with van der Waals surface area (Å²) in [7, 11) is 0. The third-order valence-electron chi connectivity index (χ3n) is 10.2. The van der Waals surface area contributed by atoms with Crippen molar-refractivity contribution >= 4 is 32.3 Å². The highest BCUT2D eigenvalue weighted by atomic mass is 15.0. The molecule has 0 spiro atoms. The molecule has 0 N–H and O–H groups in total. The Bertz CT molecular complexity index is 2860. The fourth-order valence-corrected chi connectivity index (χ4v) is 7.51. The second-order valence-electron chi connectivity index (χ2n) is 13.6. The van der Waals surface area contributed by atoms with Crippen LogP contribution in [0.4, 0.5) is 0 Å². The first-order chi connectivity index (χ1) is 26.1. The number of aromatic nitrogens is 4. The van der Waals surface area contributed by atoms with E-state index in [1.54, 1.807) is 0 Å². The van der Waals surface area contributed by atoms with E-state index in [0.717, 1.165) is 50.2 Å². The van der Waals surface area contributed by atoms with Gasteiger partial charge in [0.1, 0.15) is 0 Å². The number of rotatable bonds is 6. The molecular formula is C49H32N4. The van der Waals surface area contributed by atoms with Gasteiger partial charge >= 0.3 is 0 Å². The van der Waals surface area contributed by atoms with Crippen LogP contribution in [0.1, 0.15) is 5.69 Å². The molecule has 0 amide bonds. The number of aryl methyl sites for hydroxylation is 1. The molecule has 10 rings (SSSR count). The zero-order valence-electron chi connectivity index (χ0n) is 29.0. The summed E-state index contributed by atoms with van der Waals surface area (Å²) < 4.78 is 0. The smallest absolute Gasteiger partial charge is 0.164 e. The molecule has 0 aliphatic heterocycles. The van der Waals surface area contributed by atoms with Crippen LogP contribution < -0.4 is 0 Å². The van der Waals surface area contributed by atoms with Crippen molar-refractivity contribution in [2.75, 3.05) is 0 Å². The molecule has 53 heavy (non-hydrogen) atoms. The Labute approximate surface area is 307 Å². The van der Waals surface area contributed by atoms with Crippen LogP contribution in [0, 0.1) is 6.92 Å². The Balaban J connectivity index is 1.22. The number of nitrogens with zero attached hydrogens (tertiary/aromatic N) is 4. The lowest BCUT2D eigenvalue weighted by Crippen LogP contribution is -2.00. The predicted octanol–water partition coefficient (Wildman–Crippen LogP) is 12.5. The number of hydrogen-bond acceptors (Lipinski definition) is 4. The summed E-state index contributed by atoms with van der Waals surface area (Å²) >= 11 is 0. The monoisotopic (exact) mass is 676 g/mol. The Morgan fingerprint density at radius 3 is 1.51 bits per heavy atom. The maximum Gasteiger partial charge on any atom is 0.164 e. The zero-order valence-corrected chi connectivity index (χ0v) is 29.0. The summed E-state index contributed by atoms with van der Waals surface area (Å²) in [5.74, 6) is 1.90. The molecule has 0 aliphatic carbocycles. The molecule has 0 aliphatic rings. The van der Waals surface area contributed by atoms with Crippen LogP contribution in [0.3, 0.4) is 0 Å². The number of pyridine rings is 1. The molecule has 2 aromatic heterocycles. The van der Waals surface area contributed by atoms with Crippen molar-refractivity contribution in [3.8, 4) is 67.5 Å². The predicted molar refractivity (Wildman–Crippen MR) is 219 cm³/mol. The fraction of sp³-hybridized carbons (Fsp3) is 0.0204. The zero-order chi connectivity index (χ0) is 35.3. The first kappa shape index (κ1) is 30.8. The van der Waals surface area contributed by atoms with Gasteiger partial charge in [-0.25, -0.2) is 15.0 Å². The molecule has 4 heteroatoms. The van der Waals surface area contributed by atoms with E-state index in [-0.39, 0.29) is 0 Å². The van der Waals surface area contributed by atoms with Gasteiger partial charge in [0.15, 0.2) is 17.5 Å². The highest BCUT2D eigenvalue weighted by Crippen LogP contribution is 2.42. The van der Waals surface area contributed by atoms with Gasteiger partial charge in [0.2, 0.25) is 0 Å². The maximum atomic E-state index is 5.14. The van der Waals surface area contributed by atoms with E-state index < -0.39 is 0 Å². The van der Waals surface area contributed by atoms with E-state index >= 15 is 0 Å². The van der Waals surface area contributed by atoms with Crippen LogP contribution >= 0.6 is 0 Å². The van der Waals surface area contributed by atoms with Gasteiger partial charge in [0.25, 0.3) is 0 Å². The first-order valence-electron chi connectivity index (χ1n) is 17.9. The van der Waals surface area contributed by atoms with Crippen molar-refractivity contribution in [2.45, 2.75) is 6.92 Å². The standard InChI is InChI=1S/C49H32N4/c1-31-18-19-39(30-50-31)32-20-22-33(23-21-32)40-26-41(44-29-38-16-8-14-34-24-25-35-15-9-17-43(44)46(35)45(34)38)28-42(27-40)49-52-47(36-10-4-2-5-11-36)51-48(53-49)37-12-6-3-7-13-37/h2-30H,1H3. The fourth-order valence-electron chi connectivity index (χ4n) is 7.51. The molecule has 2 heterocycles. The molecule has 0 saturated carbocycles. The lowest BCUT2D eigenvalue weighted by atomic mass is 9.87. The van der Waals surface area contributed by atoms with Crippen LogP contribution in [0.2, 0.25) is 0 Å². The molecular weight excluding hydrogens is 645 g/mol. The van der Waals surface area contributed by atoms with E-state index in [9.17, 15) is 0 Å². The highest BCUT2D eigenvalue weighted by Gasteiger charge is 2.18. The second kappa shape index (κ2) is 12.6. The molecule has 0 bridgehead atoms. The van der Waals surface area contributed by atoms with E-state index in [0.29, 0.717) is 17.5 Å². The number of benzene rings is 8. The van der Waals surface area contributed by atoms with Crippen molar-refractivity contribution in [3.63, 3.8) is 0 Å². The minimum absolute atomic E-state index is 0.625. The maximum absolute atomic E-state index is 5.14. The topological polar surface area (TPSA) is 51.6 Å². The minimum atomic E-state index is 0.625. The SMILES string of the molecule is Cc1ccc(-c2ccc(-c3cc(-c4nc(-c5ccccc5)nc(-c5ccccc5)n4)cc(-c4cc5cccc6ccc7cccc4c7c65)c3)cc2)cn1. The average molecular weight is 677 g/mol. The van der Waals surface area contributed by atoms with Gasteiger partial charge in [0.05, 0.1) is 0 Å². The van der Waals surface area contributed by atoms with Crippen LogP contribution in [0.5, 0.6) is 0 Å². The lowest BCUT2D eigenvalue weighted by molar-refractivity contribution is 1.07. The third-order valence-corrected chi connectivity index (χ3v) is 10.2. The van der Waals surface area contributed by atoms with Crippen molar-refractivity contribution < 1.29 is 0 Å². The van der Waals surface area contributed by atoms with Gasteiger partial charge in [-0.15, -0.1) is 0 Å². The van der Waals surface area contributed by atoms with Crippen molar-refractivity contribution in [1.82, 2.24) is 19.9 Å². The van der Waals surface area contributed by atoms with Gasteiger partial charge in [-0.05, 0) is 97.4 Å². The van der Waals surface area contributed by atoms with Gasteiger partial charge < -0.3 is 0 Å². The normalized spacial score (nSPS) is 11.5. The average Bonchev–Trinajstić information content (AvgIpc) is 3.23. The lowest BCUT2D eigenvalue weighted by Gasteiger charge is -2.17. The summed E-state index contributed by atoms with van der Waals surface area (Å²) in [6, 6.07) is 60.0. The Kier molecular flexibility index (Phi) is 7.33. The van der Waals surface area contributed by atoms with Gasteiger partial charge in [-0.2, -0.15) is 0 Å². The third kappa shape index (κ3) is 5.58. The molecule has 0 radical (unpaired) electrons. The Morgan fingerprint density at radius 1 is 0.340 bits per heavy atom. The van der Waals surface area contributed by atoms with Crippen molar-refractivity contribution in [1.29, 1.82) is 0 Å². The minimum Gasteiger partial charge on any atom is -0.261 e. The number of hydrogen-bond donors (Lipinski definition) is 0. The van der Waals surface area contributed by atoms with E-state index in [1.807, 2.05) is 73.8 Å². The van der Waals surface area contributed by atoms with Gasteiger partial charge in [-0.1, -0.05) is 140 Å². The summed E-state index contributed by atoms with van der Waals surface area (Å²) in [4.78, 5) is 19.8. The summed E-state index contributed by atoms with van der Waals surface area (Å²) in [5, 5.41) is 7.54. The summed E-state index contributed by atoms with van der Waals surface area (Å²) in [5.41, 5.74) is 10.5. The molecule has 0 saturated heterocycles. The summed E-state index contributed by atoms with van der Waals surface area (Å²) in [6.07, 6.45) is 1.94. The van der Waals surface area contributed by atoms with Crippen LogP contribution in [-0.4, -0.2) is 19.9 Å². The van der Waals surface area contributed by atoms with Crippen molar-refractivity contribution in [2.24, 2.45) is 0 Å². The van der Waals surface area contributed by atoms with Crippen molar-refractivity contribution in [3.05, 3.63) is 182 Å². The Morgan fingerprint density at radius 2 is 0.868 bits per heavy atom. The molecule has 0 unspecified atom stereocenters. The molecule has 248 valence electrons. The van der Waals surface area contributed by atoms with E-state index in [1.165, 1.54) is 37.9 Å².